The Kier molecular flexibility index (Phi) is 2.45. The van der Waals surface area contributed by atoms with Gasteiger partial charge in [-0.1, -0.05) is 0 Å². The predicted molar refractivity (Wildman–Crippen MR) is 61.0 cm³/mol. The van der Waals surface area contributed by atoms with Gasteiger partial charge in [-0.3, -0.25) is 0 Å². The van der Waals surface area contributed by atoms with E-state index in [0.29, 0.717) is 5.76 Å². The highest BCUT2D eigenvalue weighted by Crippen LogP contribution is 2.40. The first-order valence-electron chi connectivity index (χ1n) is 6.11. The van der Waals surface area contributed by atoms with Crippen LogP contribution in [0.2, 0.25) is 0 Å². The molecule has 3 aliphatic rings. The van der Waals surface area contributed by atoms with Crippen molar-refractivity contribution >= 4 is 0 Å². The lowest BCUT2D eigenvalue weighted by molar-refractivity contribution is -0.209. The summed E-state index contributed by atoms with van der Waals surface area (Å²) in [5.74, 6) is -0.734. The Morgan fingerprint density at radius 1 is 1.11 bits per heavy atom. The molecule has 3 aliphatic heterocycles. The second-order valence-corrected chi connectivity index (χ2v) is 5.74. The number of hydrogen-bond acceptors (Lipinski definition) is 6. The van der Waals surface area contributed by atoms with Gasteiger partial charge in [-0.2, -0.15) is 0 Å². The Hall–Kier alpha value is -0.820. The third kappa shape index (κ3) is 1.89. The maximum atomic E-state index is 6.15. The van der Waals surface area contributed by atoms with E-state index in [1.807, 2.05) is 27.7 Å². The van der Waals surface area contributed by atoms with Gasteiger partial charge in [0, 0.05) is 13.8 Å². The Labute approximate surface area is 106 Å². The molecule has 6 nitrogen and oxygen atoms in total. The average Bonchev–Trinajstić information content (AvgIpc) is 2.81. The van der Waals surface area contributed by atoms with Crippen LogP contribution in [-0.2, 0) is 23.7 Å². The lowest BCUT2D eigenvalue weighted by Crippen LogP contribution is -2.42. The van der Waals surface area contributed by atoms with E-state index in [1.165, 1.54) is 0 Å². The molecule has 2 saturated heterocycles. The highest BCUT2D eigenvalue weighted by atomic mass is 16.8. The van der Waals surface area contributed by atoms with Crippen LogP contribution in [-0.4, -0.2) is 36.1 Å². The number of ether oxygens (including phenoxy) is 5. The number of rotatable bonds is 1. The Balaban J connectivity index is 1.72. The van der Waals surface area contributed by atoms with E-state index in [9.17, 15) is 0 Å². The second-order valence-electron chi connectivity index (χ2n) is 5.74. The molecular formula is C12H19NO5. The first-order chi connectivity index (χ1) is 8.27. The van der Waals surface area contributed by atoms with Gasteiger partial charge in [0.15, 0.2) is 17.8 Å². The summed E-state index contributed by atoms with van der Waals surface area (Å²) < 4.78 is 28.2. The van der Waals surface area contributed by atoms with Crippen molar-refractivity contribution in [1.82, 2.24) is 0 Å². The van der Waals surface area contributed by atoms with Crippen LogP contribution in [0.4, 0.5) is 0 Å². The zero-order chi connectivity index (χ0) is 13.1. The standard InChI is InChI=1S/C12H19NO5/c1-11(2)14-5-6(16-11)8-7(13)9-10(15-8)18-12(3,4)17-9/h5,7-10H,13H2,1-4H3/t7-,8+,9+,10+/m0/s1. The molecule has 18 heavy (non-hydrogen) atoms. The highest BCUT2D eigenvalue weighted by Gasteiger charge is 2.55. The van der Waals surface area contributed by atoms with Crippen LogP contribution >= 0.6 is 0 Å². The van der Waals surface area contributed by atoms with Gasteiger partial charge in [0.25, 0.3) is 0 Å². The zero-order valence-electron chi connectivity index (χ0n) is 11.0. The number of hydrogen-bond donors (Lipinski definition) is 1. The normalized spacial score (nSPS) is 44.2. The van der Waals surface area contributed by atoms with E-state index in [-0.39, 0.29) is 12.1 Å². The molecular weight excluding hydrogens is 238 g/mol. The first kappa shape index (κ1) is 12.2. The minimum Gasteiger partial charge on any atom is -0.457 e. The van der Waals surface area contributed by atoms with Crippen LogP contribution in [0.25, 0.3) is 0 Å². The first-order valence-corrected chi connectivity index (χ1v) is 6.11. The van der Waals surface area contributed by atoms with E-state index in [1.54, 1.807) is 6.26 Å². The topological polar surface area (TPSA) is 72.2 Å². The molecule has 4 atom stereocenters. The van der Waals surface area contributed by atoms with Gasteiger partial charge >= 0.3 is 0 Å². The molecule has 0 radical (unpaired) electrons. The molecule has 0 aromatic heterocycles. The van der Waals surface area contributed by atoms with E-state index in [4.69, 9.17) is 29.4 Å². The highest BCUT2D eigenvalue weighted by molar-refractivity contribution is 5.12. The van der Waals surface area contributed by atoms with E-state index < -0.39 is 24.0 Å². The molecule has 102 valence electrons. The smallest absolute Gasteiger partial charge is 0.244 e. The summed E-state index contributed by atoms with van der Waals surface area (Å²) in [7, 11) is 0. The van der Waals surface area contributed by atoms with Gasteiger partial charge in [-0.25, -0.2) is 0 Å². The Morgan fingerprint density at radius 3 is 2.39 bits per heavy atom. The van der Waals surface area contributed by atoms with Crippen molar-refractivity contribution in [3.05, 3.63) is 12.0 Å². The predicted octanol–water partition coefficient (Wildman–Crippen LogP) is 0.814. The van der Waals surface area contributed by atoms with Crippen LogP contribution in [0.5, 0.6) is 0 Å². The molecule has 2 N–H and O–H groups in total. The summed E-state index contributed by atoms with van der Waals surface area (Å²) in [5.41, 5.74) is 6.15. The van der Waals surface area contributed by atoms with Gasteiger partial charge in [0.05, 0.1) is 6.04 Å². The average molecular weight is 257 g/mol. The third-order valence-corrected chi connectivity index (χ3v) is 3.20. The van der Waals surface area contributed by atoms with Crippen molar-refractivity contribution in [2.45, 2.75) is 63.8 Å². The number of fused-ring (bicyclic) bond motifs is 1. The SMILES string of the molecule is CC1(C)OC=C([C@H]2O[C@@H]3OC(C)(C)O[C@@H]3[C@H]2N)O1. The Morgan fingerprint density at radius 2 is 1.83 bits per heavy atom. The molecule has 0 aromatic carbocycles. The maximum absolute atomic E-state index is 6.15. The molecule has 0 unspecified atom stereocenters. The van der Waals surface area contributed by atoms with Crippen molar-refractivity contribution in [2.75, 3.05) is 0 Å². The van der Waals surface area contributed by atoms with E-state index >= 15 is 0 Å². The monoisotopic (exact) mass is 257 g/mol. The molecule has 0 bridgehead atoms. The summed E-state index contributed by atoms with van der Waals surface area (Å²) >= 11 is 0. The molecule has 2 fully saturated rings. The van der Waals surface area contributed by atoms with Crippen LogP contribution in [0.3, 0.4) is 0 Å². The summed E-state index contributed by atoms with van der Waals surface area (Å²) in [6, 6.07) is -0.333. The summed E-state index contributed by atoms with van der Waals surface area (Å²) in [6.45, 7) is 7.34. The Bertz CT molecular complexity index is 392. The molecule has 0 aliphatic carbocycles. The van der Waals surface area contributed by atoms with Gasteiger partial charge in [-0.15, -0.1) is 0 Å². The van der Waals surface area contributed by atoms with Gasteiger partial charge in [0.1, 0.15) is 18.5 Å². The lowest BCUT2D eigenvalue weighted by atomic mass is 10.1. The van der Waals surface area contributed by atoms with Gasteiger partial charge in [0.2, 0.25) is 5.79 Å². The third-order valence-electron chi connectivity index (χ3n) is 3.20. The van der Waals surface area contributed by atoms with Crippen molar-refractivity contribution in [1.29, 1.82) is 0 Å². The zero-order valence-corrected chi connectivity index (χ0v) is 11.0. The molecule has 0 saturated carbocycles. The lowest BCUT2D eigenvalue weighted by Gasteiger charge is -2.25. The van der Waals surface area contributed by atoms with Crippen LogP contribution < -0.4 is 5.73 Å². The molecule has 0 spiro atoms. The minimum absolute atomic E-state index is 0.279. The summed E-state index contributed by atoms with van der Waals surface area (Å²) in [5, 5.41) is 0. The molecule has 0 aromatic rings. The van der Waals surface area contributed by atoms with Crippen molar-refractivity contribution in [3.63, 3.8) is 0 Å². The van der Waals surface area contributed by atoms with Crippen molar-refractivity contribution in [3.8, 4) is 0 Å². The van der Waals surface area contributed by atoms with Crippen molar-refractivity contribution < 1.29 is 23.7 Å². The molecule has 6 heteroatoms. The fraction of sp³-hybridized carbons (Fsp3) is 0.833. The summed E-state index contributed by atoms with van der Waals surface area (Å²) in [6.07, 6.45) is 0.431. The quantitative estimate of drug-likeness (QED) is 0.749. The minimum atomic E-state index is -0.670. The molecule has 0 amide bonds. The van der Waals surface area contributed by atoms with E-state index in [2.05, 4.69) is 0 Å². The fourth-order valence-corrected chi connectivity index (χ4v) is 2.44. The van der Waals surface area contributed by atoms with Gasteiger partial charge < -0.3 is 29.4 Å². The van der Waals surface area contributed by atoms with Crippen LogP contribution in [0.15, 0.2) is 12.0 Å². The van der Waals surface area contributed by atoms with Crippen molar-refractivity contribution in [2.24, 2.45) is 5.73 Å². The van der Waals surface area contributed by atoms with Crippen LogP contribution in [0, 0.1) is 0 Å². The number of nitrogens with two attached hydrogens (primary N) is 1. The van der Waals surface area contributed by atoms with Gasteiger partial charge in [-0.05, 0) is 13.8 Å². The summed E-state index contributed by atoms with van der Waals surface area (Å²) in [4.78, 5) is 0. The maximum Gasteiger partial charge on any atom is 0.244 e. The fourth-order valence-electron chi connectivity index (χ4n) is 2.44. The molecule has 3 rings (SSSR count). The largest absolute Gasteiger partial charge is 0.457 e. The van der Waals surface area contributed by atoms with E-state index in [0.717, 1.165) is 0 Å². The second kappa shape index (κ2) is 3.60. The molecule has 3 heterocycles. The van der Waals surface area contributed by atoms with Crippen LogP contribution in [0.1, 0.15) is 27.7 Å².